The first-order valence-corrected chi connectivity index (χ1v) is 10.3. The van der Waals surface area contributed by atoms with Crippen LogP contribution in [0.25, 0.3) is 11.2 Å². The molecule has 1 aliphatic carbocycles. The molecule has 6 heteroatoms. The highest BCUT2D eigenvalue weighted by atomic mass is 16.4. The lowest BCUT2D eigenvalue weighted by Crippen LogP contribution is -2.29. The quantitative estimate of drug-likeness (QED) is 0.670. The summed E-state index contributed by atoms with van der Waals surface area (Å²) in [4.78, 5) is 20.5. The van der Waals surface area contributed by atoms with Crippen LogP contribution in [0.3, 0.4) is 0 Å². The van der Waals surface area contributed by atoms with Crippen molar-refractivity contribution in [1.82, 2.24) is 14.5 Å². The molecule has 2 N–H and O–H groups in total. The van der Waals surface area contributed by atoms with Gasteiger partial charge in [-0.15, -0.1) is 0 Å². The number of fused-ring (bicyclic) bond motifs is 1. The molecule has 6 nitrogen and oxygen atoms in total. The largest absolute Gasteiger partial charge is 0.481 e. The topological polar surface area (TPSA) is 80.0 Å². The molecule has 2 aromatic heterocycles. The number of carboxylic acid groups (broad SMARTS) is 1. The number of aliphatic carboxylic acids is 1. The summed E-state index contributed by atoms with van der Waals surface area (Å²) in [5, 5.41) is 12.7. The fourth-order valence-electron chi connectivity index (χ4n) is 4.31. The Morgan fingerprint density at radius 2 is 1.79 bits per heavy atom. The number of nitrogens with one attached hydrogen (secondary N) is 1. The molecule has 0 atom stereocenters. The zero-order valence-electron chi connectivity index (χ0n) is 17.3. The van der Waals surface area contributed by atoms with Crippen molar-refractivity contribution < 1.29 is 9.90 Å². The fraction of sp³-hybridized carbons (Fsp3) is 0.435. The maximum absolute atomic E-state index is 11.1. The summed E-state index contributed by atoms with van der Waals surface area (Å²) < 4.78 is 2.17. The van der Waals surface area contributed by atoms with E-state index in [2.05, 4.69) is 47.1 Å². The molecule has 29 heavy (non-hydrogen) atoms. The summed E-state index contributed by atoms with van der Waals surface area (Å²) in [5.74, 6) is 0.137. The minimum absolute atomic E-state index is 0.176. The molecule has 0 aliphatic heterocycles. The predicted molar refractivity (Wildman–Crippen MR) is 114 cm³/mol. The number of carboxylic acids is 1. The predicted octanol–water partition coefficient (Wildman–Crippen LogP) is 4.46. The molecule has 0 bridgehead atoms. The van der Waals surface area contributed by atoms with Gasteiger partial charge in [-0.05, 0) is 75.8 Å². The van der Waals surface area contributed by atoms with Crippen LogP contribution in [0.15, 0.2) is 30.3 Å². The first kappa shape index (κ1) is 19.4. The number of rotatable bonds is 5. The second-order valence-corrected chi connectivity index (χ2v) is 8.23. The smallest absolute Gasteiger partial charge is 0.306 e. The van der Waals surface area contributed by atoms with Crippen LogP contribution in [0.1, 0.15) is 48.3 Å². The van der Waals surface area contributed by atoms with Gasteiger partial charge in [0.15, 0.2) is 5.65 Å². The number of aryl methyl sites for hydroxylation is 3. The van der Waals surface area contributed by atoms with E-state index < -0.39 is 5.97 Å². The highest BCUT2D eigenvalue weighted by Gasteiger charge is 2.25. The van der Waals surface area contributed by atoms with E-state index in [1.165, 1.54) is 5.56 Å². The van der Waals surface area contributed by atoms with Crippen molar-refractivity contribution >= 4 is 22.8 Å². The summed E-state index contributed by atoms with van der Waals surface area (Å²) in [6, 6.07) is 10.9. The Labute approximate surface area is 171 Å². The van der Waals surface area contributed by atoms with Crippen molar-refractivity contribution in [3.05, 3.63) is 53.0 Å². The van der Waals surface area contributed by atoms with Gasteiger partial charge in [-0.25, -0.2) is 9.97 Å². The van der Waals surface area contributed by atoms with Gasteiger partial charge in [0.05, 0.1) is 12.5 Å². The molecule has 4 rings (SSSR count). The molecule has 0 saturated heterocycles. The Kier molecular flexibility index (Phi) is 5.26. The van der Waals surface area contributed by atoms with Gasteiger partial charge in [0.1, 0.15) is 11.3 Å². The highest BCUT2D eigenvalue weighted by molar-refractivity contribution is 5.76. The number of hydrogen-bond acceptors (Lipinski definition) is 4. The number of hydrogen-bond donors (Lipinski definition) is 2. The van der Waals surface area contributed by atoms with Crippen LogP contribution < -0.4 is 5.32 Å². The van der Waals surface area contributed by atoms with Gasteiger partial charge in [0.25, 0.3) is 0 Å². The minimum Gasteiger partial charge on any atom is -0.481 e. The van der Waals surface area contributed by atoms with Crippen LogP contribution in [-0.4, -0.2) is 31.7 Å². The first-order valence-electron chi connectivity index (χ1n) is 10.3. The Hall–Kier alpha value is -2.89. The van der Waals surface area contributed by atoms with Crippen molar-refractivity contribution in [1.29, 1.82) is 0 Å². The normalized spacial score (nSPS) is 19.4. The van der Waals surface area contributed by atoms with Gasteiger partial charge in [0.2, 0.25) is 0 Å². The number of benzene rings is 1. The first-order chi connectivity index (χ1) is 13.9. The van der Waals surface area contributed by atoms with Crippen LogP contribution >= 0.6 is 0 Å². The molecule has 1 fully saturated rings. The number of imidazole rings is 1. The number of pyridine rings is 1. The summed E-state index contributed by atoms with van der Waals surface area (Å²) in [7, 11) is 0. The average Bonchev–Trinajstić information content (AvgIpc) is 3.00. The van der Waals surface area contributed by atoms with Crippen molar-refractivity contribution in [3.63, 3.8) is 0 Å². The van der Waals surface area contributed by atoms with Gasteiger partial charge in [-0.2, -0.15) is 0 Å². The zero-order valence-corrected chi connectivity index (χ0v) is 17.3. The lowest BCUT2D eigenvalue weighted by atomic mass is 9.86. The monoisotopic (exact) mass is 392 g/mol. The Balaban J connectivity index is 1.45. The maximum atomic E-state index is 11.1. The van der Waals surface area contributed by atoms with Crippen molar-refractivity contribution in [2.45, 2.75) is 59.0 Å². The third kappa shape index (κ3) is 4.11. The van der Waals surface area contributed by atoms with Crippen LogP contribution in [-0.2, 0) is 11.3 Å². The number of aromatic nitrogens is 3. The molecule has 2 heterocycles. The summed E-state index contributed by atoms with van der Waals surface area (Å²) in [6.45, 7) is 6.86. The summed E-state index contributed by atoms with van der Waals surface area (Å²) >= 11 is 0. The van der Waals surface area contributed by atoms with Gasteiger partial charge < -0.3 is 15.0 Å². The molecular weight excluding hydrogens is 364 g/mol. The highest BCUT2D eigenvalue weighted by Crippen LogP contribution is 2.27. The van der Waals surface area contributed by atoms with Crippen LogP contribution in [0.5, 0.6) is 0 Å². The fourth-order valence-corrected chi connectivity index (χ4v) is 4.31. The van der Waals surface area contributed by atoms with Gasteiger partial charge in [-0.3, -0.25) is 4.79 Å². The molecule has 1 aliphatic rings. The van der Waals surface area contributed by atoms with Crippen LogP contribution in [0.2, 0.25) is 0 Å². The number of carbonyl (C=O) groups is 1. The van der Waals surface area contributed by atoms with E-state index >= 15 is 0 Å². The van der Waals surface area contributed by atoms with E-state index in [0.29, 0.717) is 6.04 Å². The Morgan fingerprint density at radius 1 is 1.10 bits per heavy atom. The van der Waals surface area contributed by atoms with E-state index in [4.69, 9.17) is 15.1 Å². The molecule has 0 spiro atoms. The molecule has 152 valence electrons. The molecule has 1 aromatic carbocycles. The van der Waals surface area contributed by atoms with Gasteiger partial charge >= 0.3 is 5.97 Å². The van der Waals surface area contributed by atoms with Gasteiger partial charge in [-0.1, -0.05) is 12.1 Å². The molecule has 0 radical (unpaired) electrons. The van der Waals surface area contributed by atoms with Crippen molar-refractivity contribution in [3.8, 4) is 0 Å². The zero-order chi connectivity index (χ0) is 20.5. The molecule has 0 amide bonds. The third-order valence-electron chi connectivity index (χ3n) is 5.95. The second kappa shape index (κ2) is 7.85. The molecule has 1 saturated carbocycles. The van der Waals surface area contributed by atoms with Gasteiger partial charge in [0, 0.05) is 17.4 Å². The third-order valence-corrected chi connectivity index (χ3v) is 5.95. The van der Waals surface area contributed by atoms with E-state index in [9.17, 15) is 4.79 Å². The second-order valence-electron chi connectivity index (χ2n) is 8.23. The SMILES string of the molecule is Cc1cc(C)c2nc(C)n(Cc3ccc(N[C@H]4CC[C@@H](C(=O)O)CC4)cc3)c2n1. The number of nitrogens with zero attached hydrogens (tertiary/aromatic N) is 3. The van der Waals surface area contributed by atoms with Crippen molar-refractivity contribution in [2.75, 3.05) is 5.32 Å². The van der Waals surface area contributed by atoms with E-state index in [-0.39, 0.29) is 5.92 Å². The summed E-state index contributed by atoms with van der Waals surface area (Å²) in [5.41, 5.74) is 6.37. The van der Waals surface area contributed by atoms with Crippen LogP contribution in [0.4, 0.5) is 5.69 Å². The van der Waals surface area contributed by atoms with E-state index in [1.807, 2.05) is 13.8 Å². The average molecular weight is 393 g/mol. The van der Waals surface area contributed by atoms with E-state index in [1.54, 1.807) is 0 Å². The van der Waals surface area contributed by atoms with E-state index in [0.717, 1.165) is 66.2 Å². The van der Waals surface area contributed by atoms with Crippen LogP contribution in [0, 0.1) is 26.7 Å². The lowest BCUT2D eigenvalue weighted by molar-refractivity contribution is -0.142. The summed E-state index contributed by atoms with van der Waals surface area (Å²) in [6.07, 6.45) is 3.32. The molecule has 0 unspecified atom stereocenters. The number of anilines is 1. The maximum Gasteiger partial charge on any atom is 0.306 e. The van der Waals surface area contributed by atoms with Crippen molar-refractivity contribution in [2.24, 2.45) is 5.92 Å². The Bertz CT molecular complexity index is 1030. The molecule has 3 aromatic rings. The minimum atomic E-state index is -0.657. The standard InChI is InChI=1S/C23H28N4O2/c1-14-12-15(2)24-22-21(14)25-16(3)27(22)13-17-4-8-19(9-5-17)26-20-10-6-18(7-11-20)23(28)29/h4-5,8-9,12,18,20,26H,6-7,10-11,13H2,1-3H3,(H,28,29)/t18-,20+. The molecular formula is C23H28N4O2. The lowest BCUT2D eigenvalue weighted by Gasteiger charge is -2.27. The Morgan fingerprint density at radius 3 is 2.45 bits per heavy atom.